The third kappa shape index (κ3) is 5.48. The lowest BCUT2D eigenvalue weighted by Crippen LogP contribution is -2.47. The number of nitrogens with one attached hydrogen (secondary N) is 1. The fraction of sp³-hybridized carbons (Fsp3) is 0.650. The quantitative estimate of drug-likeness (QED) is 0.697. The molecule has 9 heteroatoms. The van der Waals surface area contributed by atoms with Crippen molar-refractivity contribution in [1.29, 1.82) is 0 Å². The number of sulfonamides is 1. The highest BCUT2D eigenvalue weighted by molar-refractivity contribution is 7.89. The van der Waals surface area contributed by atoms with Crippen LogP contribution in [0.3, 0.4) is 0 Å². The van der Waals surface area contributed by atoms with E-state index in [0.29, 0.717) is 31.7 Å². The maximum absolute atomic E-state index is 13.2. The predicted octanol–water partition coefficient (Wildman–Crippen LogP) is 0.853. The molecule has 1 atom stereocenters. The van der Waals surface area contributed by atoms with Crippen molar-refractivity contribution in [1.82, 2.24) is 14.5 Å². The van der Waals surface area contributed by atoms with E-state index in [1.807, 2.05) is 13.0 Å². The van der Waals surface area contributed by atoms with Gasteiger partial charge >= 0.3 is 0 Å². The van der Waals surface area contributed by atoms with Gasteiger partial charge in [-0.2, -0.15) is 4.31 Å². The average molecular weight is 426 g/mol. The summed E-state index contributed by atoms with van der Waals surface area (Å²) in [5.74, 6) is -0.0823. The summed E-state index contributed by atoms with van der Waals surface area (Å²) < 4.78 is 38.4. The van der Waals surface area contributed by atoms with E-state index in [1.165, 1.54) is 11.4 Å². The second-order valence-corrected chi connectivity index (χ2v) is 9.51. The van der Waals surface area contributed by atoms with Gasteiger partial charge in [0.1, 0.15) is 10.6 Å². The number of methoxy groups -OCH3 is 1. The number of ether oxygens (including phenoxy) is 2. The Balaban J connectivity index is 1.60. The Morgan fingerprint density at radius 2 is 2.03 bits per heavy atom. The first-order valence-electron chi connectivity index (χ1n) is 10.1. The largest absolute Gasteiger partial charge is 0.495 e. The fourth-order valence-electron chi connectivity index (χ4n) is 3.81. The lowest BCUT2D eigenvalue weighted by Gasteiger charge is -2.32. The minimum Gasteiger partial charge on any atom is -0.495 e. The van der Waals surface area contributed by atoms with Gasteiger partial charge in [-0.25, -0.2) is 8.42 Å². The third-order valence-electron chi connectivity index (χ3n) is 5.52. The van der Waals surface area contributed by atoms with Gasteiger partial charge in [-0.1, -0.05) is 6.07 Å². The summed E-state index contributed by atoms with van der Waals surface area (Å²) in [5, 5.41) is 2.98. The summed E-state index contributed by atoms with van der Waals surface area (Å²) in [6.45, 7) is 7.02. The number of carbonyl (C=O) groups is 1. The van der Waals surface area contributed by atoms with E-state index in [1.54, 1.807) is 12.1 Å². The Morgan fingerprint density at radius 3 is 2.76 bits per heavy atom. The molecule has 0 bridgehead atoms. The molecule has 2 fully saturated rings. The molecular formula is C20H31N3O5S. The lowest BCUT2D eigenvalue weighted by atomic mass is 9.99. The second-order valence-electron chi connectivity index (χ2n) is 7.60. The minimum absolute atomic E-state index is 0.0747. The van der Waals surface area contributed by atoms with Crippen molar-refractivity contribution in [3.8, 4) is 5.75 Å². The smallest absolute Gasteiger partial charge is 0.246 e. The average Bonchev–Trinajstić information content (AvgIpc) is 2.74. The third-order valence-corrected chi connectivity index (χ3v) is 7.41. The fourth-order valence-corrected chi connectivity index (χ4v) is 5.57. The van der Waals surface area contributed by atoms with E-state index in [0.717, 1.165) is 38.4 Å². The molecule has 1 amide bonds. The maximum atomic E-state index is 13.2. The van der Waals surface area contributed by atoms with Gasteiger partial charge in [0.05, 0.1) is 26.2 Å². The normalized spacial score (nSPS) is 21.7. The molecule has 2 heterocycles. The van der Waals surface area contributed by atoms with E-state index in [-0.39, 0.29) is 23.3 Å². The van der Waals surface area contributed by atoms with Crippen LogP contribution in [-0.4, -0.2) is 83.1 Å². The number of rotatable bonds is 7. The zero-order chi connectivity index (χ0) is 20.9. The van der Waals surface area contributed by atoms with Crippen molar-refractivity contribution in [2.75, 3.05) is 59.6 Å². The van der Waals surface area contributed by atoms with Gasteiger partial charge in [-0.15, -0.1) is 0 Å². The molecule has 2 aliphatic rings. The molecule has 1 N–H and O–H groups in total. The molecular weight excluding hydrogens is 394 g/mol. The van der Waals surface area contributed by atoms with Crippen LogP contribution >= 0.6 is 0 Å². The molecule has 0 saturated carbocycles. The van der Waals surface area contributed by atoms with Crippen molar-refractivity contribution < 1.29 is 22.7 Å². The van der Waals surface area contributed by atoms with Gasteiger partial charge < -0.3 is 14.8 Å². The van der Waals surface area contributed by atoms with Crippen LogP contribution in [0.2, 0.25) is 0 Å². The minimum atomic E-state index is -3.73. The lowest BCUT2D eigenvalue weighted by molar-refractivity contribution is -0.126. The molecule has 0 aliphatic carbocycles. The van der Waals surface area contributed by atoms with Gasteiger partial charge in [-0.05, 0) is 37.5 Å². The van der Waals surface area contributed by atoms with Crippen LogP contribution in [-0.2, 0) is 19.6 Å². The van der Waals surface area contributed by atoms with Crippen LogP contribution in [0.5, 0.6) is 5.75 Å². The van der Waals surface area contributed by atoms with Crippen molar-refractivity contribution in [3.63, 3.8) is 0 Å². The molecule has 3 rings (SSSR count). The van der Waals surface area contributed by atoms with E-state index < -0.39 is 10.0 Å². The first-order chi connectivity index (χ1) is 13.9. The zero-order valence-corrected chi connectivity index (χ0v) is 18.0. The van der Waals surface area contributed by atoms with Crippen molar-refractivity contribution in [2.45, 2.75) is 24.7 Å². The molecule has 29 heavy (non-hydrogen) atoms. The van der Waals surface area contributed by atoms with Crippen LogP contribution in [0.4, 0.5) is 0 Å². The predicted molar refractivity (Wildman–Crippen MR) is 109 cm³/mol. The first-order valence-corrected chi connectivity index (χ1v) is 11.6. The van der Waals surface area contributed by atoms with Crippen molar-refractivity contribution >= 4 is 15.9 Å². The maximum Gasteiger partial charge on any atom is 0.246 e. The number of piperidine rings is 1. The highest BCUT2D eigenvalue weighted by atomic mass is 32.2. The number of amides is 1. The summed E-state index contributed by atoms with van der Waals surface area (Å²) in [6, 6.07) is 5.11. The Hall–Kier alpha value is -1.68. The Morgan fingerprint density at radius 1 is 1.28 bits per heavy atom. The van der Waals surface area contributed by atoms with Gasteiger partial charge in [0, 0.05) is 39.3 Å². The molecule has 2 aliphatic heterocycles. The highest BCUT2D eigenvalue weighted by Gasteiger charge is 2.34. The summed E-state index contributed by atoms with van der Waals surface area (Å²) in [6.07, 6.45) is 1.36. The highest BCUT2D eigenvalue weighted by Crippen LogP contribution is 2.30. The molecule has 1 aromatic rings. The summed E-state index contributed by atoms with van der Waals surface area (Å²) in [7, 11) is -2.26. The second kappa shape index (κ2) is 9.88. The Kier molecular flexibility index (Phi) is 7.50. The molecule has 2 saturated heterocycles. The Bertz CT molecular complexity index is 808. The number of nitrogens with zero attached hydrogens (tertiary/aromatic N) is 2. The molecule has 8 nitrogen and oxygen atoms in total. The molecule has 162 valence electrons. The monoisotopic (exact) mass is 425 g/mol. The van der Waals surface area contributed by atoms with Gasteiger partial charge in [-0.3, -0.25) is 9.69 Å². The molecule has 0 radical (unpaired) electrons. The van der Waals surface area contributed by atoms with Crippen LogP contribution < -0.4 is 10.1 Å². The molecule has 0 aromatic heterocycles. The van der Waals surface area contributed by atoms with E-state index in [9.17, 15) is 13.2 Å². The van der Waals surface area contributed by atoms with Crippen LogP contribution in [0.1, 0.15) is 18.4 Å². The van der Waals surface area contributed by atoms with Crippen molar-refractivity contribution in [3.05, 3.63) is 23.8 Å². The number of carbonyl (C=O) groups excluding carboxylic acids is 1. The summed E-state index contributed by atoms with van der Waals surface area (Å²) in [5.41, 5.74) is 0.846. The van der Waals surface area contributed by atoms with Gasteiger partial charge in [0.15, 0.2) is 0 Å². The number of morpholine rings is 1. The van der Waals surface area contributed by atoms with Crippen molar-refractivity contribution in [2.24, 2.45) is 5.92 Å². The van der Waals surface area contributed by atoms with Crippen LogP contribution in [0, 0.1) is 12.8 Å². The summed E-state index contributed by atoms with van der Waals surface area (Å²) in [4.78, 5) is 15.0. The molecule has 0 spiro atoms. The topological polar surface area (TPSA) is 88.2 Å². The van der Waals surface area contributed by atoms with E-state index in [2.05, 4.69) is 10.2 Å². The number of hydrogen-bond acceptors (Lipinski definition) is 6. The van der Waals surface area contributed by atoms with Gasteiger partial charge in [0.25, 0.3) is 0 Å². The van der Waals surface area contributed by atoms with Crippen LogP contribution in [0.15, 0.2) is 23.1 Å². The summed E-state index contributed by atoms with van der Waals surface area (Å²) >= 11 is 0. The molecule has 0 unspecified atom stereocenters. The first kappa shape index (κ1) is 22.0. The Labute approximate surface area is 173 Å². The van der Waals surface area contributed by atoms with E-state index in [4.69, 9.17) is 9.47 Å². The number of hydrogen-bond donors (Lipinski definition) is 1. The number of aryl methyl sites for hydroxylation is 1. The number of benzene rings is 1. The van der Waals surface area contributed by atoms with Crippen LogP contribution in [0.25, 0.3) is 0 Å². The zero-order valence-electron chi connectivity index (χ0n) is 17.2. The SMILES string of the molecule is COc1ccc(C)cc1S(=O)(=O)N1CCC[C@H](C(=O)NCCN2CCOCC2)C1. The standard InChI is InChI=1S/C20H31N3O5S/c1-16-5-6-18(27-2)19(14-16)29(25,26)23-8-3-4-17(15-23)20(24)21-7-9-22-10-12-28-13-11-22/h5-6,14,17H,3-4,7-13,15H2,1-2H3,(H,21,24)/t17-/m0/s1. The van der Waals surface area contributed by atoms with Gasteiger partial charge in [0.2, 0.25) is 15.9 Å². The molecule has 1 aromatic carbocycles. The van der Waals surface area contributed by atoms with E-state index >= 15 is 0 Å².